The fourth-order valence-corrected chi connectivity index (χ4v) is 2.63. The van der Waals surface area contributed by atoms with Crippen LogP contribution in [-0.2, 0) is 0 Å². The lowest BCUT2D eigenvalue weighted by molar-refractivity contribution is 0.0771. The van der Waals surface area contributed by atoms with E-state index in [0.717, 1.165) is 35.1 Å². The molecule has 2 aromatic rings. The number of carbonyl (C=O) groups is 1. The van der Waals surface area contributed by atoms with E-state index in [1.165, 1.54) is 0 Å². The van der Waals surface area contributed by atoms with Crippen molar-refractivity contribution in [2.75, 3.05) is 13.1 Å². The van der Waals surface area contributed by atoms with E-state index < -0.39 is 11.6 Å². The molecule has 0 saturated heterocycles. The SMILES string of the molecule is CC1=C(c2ccco2)CN(C(=O)c2cc(F)cc(F)c2)CC1. The van der Waals surface area contributed by atoms with Crippen molar-refractivity contribution in [2.24, 2.45) is 0 Å². The van der Waals surface area contributed by atoms with Crippen molar-refractivity contribution < 1.29 is 18.0 Å². The van der Waals surface area contributed by atoms with Gasteiger partial charge in [0.2, 0.25) is 0 Å². The van der Waals surface area contributed by atoms with Gasteiger partial charge in [0.05, 0.1) is 6.26 Å². The van der Waals surface area contributed by atoms with Gasteiger partial charge in [0, 0.05) is 30.3 Å². The van der Waals surface area contributed by atoms with E-state index in [0.29, 0.717) is 19.5 Å². The van der Waals surface area contributed by atoms with Gasteiger partial charge < -0.3 is 9.32 Å². The topological polar surface area (TPSA) is 33.5 Å². The minimum atomic E-state index is -0.752. The van der Waals surface area contributed by atoms with Crippen molar-refractivity contribution >= 4 is 11.5 Å². The first-order valence-electron chi connectivity index (χ1n) is 7.02. The Hall–Kier alpha value is -2.43. The summed E-state index contributed by atoms with van der Waals surface area (Å²) in [6.45, 7) is 2.89. The summed E-state index contributed by atoms with van der Waals surface area (Å²) in [5, 5.41) is 0. The number of rotatable bonds is 2. The first kappa shape index (κ1) is 14.5. The second-order valence-corrected chi connectivity index (χ2v) is 5.37. The van der Waals surface area contributed by atoms with Crippen molar-refractivity contribution in [2.45, 2.75) is 13.3 Å². The highest BCUT2D eigenvalue weighted by Gasteiger charge is 2.24. The molecule has 0 aliphatic carbocycles. The minimum absolute atomic E-state index is 0.0239. The fourth-order valence-electron chi connectivity index (χ4n) is 2.63. The third-order valence-corrected chi connectivity index (χ3v) is 3.84. The number of nitrogens with zero attached hydrogens (tertiary/aromatic N) is 1. The number of carbonyl (C=O) groups excluding carboxylic acids is 1. The predicted molar refractivity (Wildman–Crippen MR) is 78.2 cm³/mol. The first-order chi connectivity index (χ1) is 10.5. The van der Waals surface area contributed by atoms with Crippen LogP contribution in [0.15, 0.2) is 46.6 Å². The fraction of sp³-hybridized carbons (Fsp3) is 0.235. The number of halogens is 2. The third kappa shape index (κ3) is 2.79. The van der Waals surface area contributed by atoms with Gasteiger partial charge in [-0.05, 0) is 37.6 Å². The molecule has 2 heterocycles. The Kier molecular flexibility index (Phi) is 3.79. The van der Waals surface area contributed by atoms with Crippen LogP contribution in [0.1, 0.15) is 29.5 Å². The zero-order valence-electron chi connectivity index (χ0n) is 12.1. The molecule has 1 amide bonds. The summed E-state index contributed by atoms with van der Waals surface area (Å²) in [4.78, 5) is 14.0. The molecule has 0 N–H and O–H groups in total. The number of hydrogen-bond donors (Lipinski definition) is 0. The summed E-state index contributed by atoms with van der Waals surface area (Å²) in [5.74, 6) is -1.16. The summed E-state index contributed by atoms with van der Waals surface area (Å²) in [6.07, 6.45) is 2.29. The van der Waals surface area contributed by atoms with E-state index in [9.17, 15) is 13.6 Å². The lowest BCUT2D eigenvalue weighted by Crippen LogP contribution is -2.36. The Bertz CT molecular complexity index is 715. The maximum atomic E-state index is 13.3. The molecule has 0 saturated carbocycles. The van der Waals surface area contributed by atoms with Gasteiger partial charge in [0.1, 0.15) is 17.4 Å². The molecule has 1 aromatic carbocycles. The molecule has 0 bridgehead atoms. The largest absolute Gasteiger partial charge is 0.465 e. The van der Waals surface area contributed by atoms with E-state index >= 15 is 0 Å². The van der Waals surface area contributed by atoms with Gasteiger partial charge in [0.15, 0.2) is 0 Å². The van der Waals surface area contributed by atoms with Gasteiger partial charge in [-0.25, -0.2) is 8.78 Å². The standard InChI is InChI=1S/C17H15F2NO2/c1-11-4-5-20(10-15(11)16-3-2-6-22-16)17(21)12-7-13(18)9-14(19)8-12/h2-3,6-9H,4-5,10H2,1H3. The quantitative estimate of drug-likeness (QED) is 0.843. The maximum Gasteiger partial charge on any atom is 0.254 e. The van der Waals surface area contributed by atoms with Gasteiger partial charge >= 0.3 is 0 Å². The highest BCUT2D eigenvalue weighted by Crippen LogP contribution is 2.27. The van der Waals surface area contributed by atoms with E-state index in [4.69, 9.17) is 4.42 Å². The van der Waals surface area contributed by atoms with Crippen molar-refractivity contribution in [3.63, 3.8) is 0 Å². The maximum absolute atomic E-state index is 13.3. The first-order valence-corrected chi connectivity index (χ1v) is 7.02. The van der Waals surface area contributed by atoms with Crippen LogP contribution in [-0.4, -0.2) is 23.9 Å². The van der Waals surface area contributed by atoms with E-state index in [1.807, 2.05) is 13.0 Å². The van der Waals surface area contributed by atoms with Gasteiger partial charge in [-0.15, -0.1) is 0 Å². The van der Waals surface area contributed by atoms with Crippen LogP contribution < -0.4 is 0 Å². The molecule has 1 aromatic heterocycles. The van der Waals surface area contributed by atoms with Crippen LogP contribution >= 0.6 is 0 Å². The molecule has 0 fully saturated rings. The molecule has 0 unspecified atom stereocenters. The average molecular weight is 303 g/mol. The molecule has 1 aliphatic rings. The van der Waals surface area contributed by atoms with Gasteiger partial charge in [0.25, 0.3) is 5.91 Å². The lowest BCUT2D eigenvalue weighted by atomic mass is 9.99. The highest BCUT2D eigenvalue weighted by atomic mass is 19.1. The molecule has 5 heteroatoms. The van der Waals surface area contributed by atoms with Crippen molar-refractivity contribution in [3.8, 4) is 0 Å². The molecule has 114 valence electrons. The van der Waals surface area contributed by atoms with Gasteiger partial charge in [-0.1, -0.05) is 5.57 Å². The molecule has 3 nitrogen and oxygen atoms in total. The van der Waals surface area contributed by atoms with E-state index in [2.05, 4.69) is 0 Å². The molecule has 3 rings (SSSR count). The van der Waals surface area contributed by atoms with Crippen molar-refractivity contribution in [1.82, 2.24) is 4.90 Å². The zero-order chi connectivity index (χ0) is 15.7. The molecule has 0 spiro atoms. The Labute approximate surface area is 126 Å². The molecular formula is C17H15F2NO2. The molecule has 1 aliphatic heterocycles. The average Bonchev–Trinajstić information content (AvgIpc) is 3.00. The third-order valence-electron chi connectivity index (χ3n) is 3.84. The molecule has 22 heavy (non-hydrogen) atoms. The van der Waals surface area contributed by atoms with Crippen LogP contribution in [0.3, 0.4) is 0 Å². The van der Waals surface area contributed by atoms with Crippen LogP contribution in [0.4, 0.5) is 8.78 Å². The predicted octanol–water partition coefficient (Wildman–Crippen LogP) is 3.88. The van der Waals surface area contributed by atoms with Gasteiger partial charge in [-0.3, -0.25) is 4.79 Å². The van der Waals surface area contributed by atoms with E-state index in [1.54, 1.807) is 17.2 Å². The highest BCUT2D eigenvalue weighted by molar-refractivity contribution is 5.95. The van der Waals surface area contributed by atoms with Gasteiger partial charge in [-0.2, -0.15) is 0 Å². The van der Waals surface area contributed by atoms with Crippen LogP contribution in [0.2, 0.25) is 0 Å². The number of amides is 1. The summed E-state index contributed by atoms with van der Waals surface area (Å²) in [7, 11) is 0. The minimum Gasteiger partial charge on any atom is -0.465 e. The number of benzene rings is 1. The smallest absolute Gasteiger partial charge is 0.254 e. The second kappa shape index (κ2) is 5.75. The summed E-state index contributed by atoms with van der Waals surface area (Å²) < 4.78 is 32.0. The Morgan fingerprint density at radius 1 is 1.23 bits per heavy atom. The second-order valence-electron chi connectivity index (χ2n) is 5.37. The Morgan fingerprint density at radius 2 is 1.95 bits per heavy atom. The molecule has 0 atom stereocenters. The zero-order valence-corrected chi connectivity index (χ0v) is 12.1. The van der Waals surface area contributed by atoms with Crippen LogP contribution in [0.5, 0.6) is 0 Å². The summed E-state index contributed by atoms with van der Waals surface area (Å²) in [6, 6.07) is 6.50. The van der Waals surface area contributed by atoms with Crippen molar-refractivity contribution in [3.05, 3.63) is 65.1 Å². The number of furan rings is 1. The van der Waals surface area contributed by atoms with Crippen LogP contribution in [0, 0.1) is 11.6 Å². The summed E-state index contributed by atoms with van der Waals surface area (Å²) in [5.41, 5.74) is 2.13. The lowest BCUT2D eigenvalue weighted by Gasteiger charge is -2.29. The number of hydrogen-bond acceptors (Lipinski definition) is 2. The normalized spacial score (nSPS) is 15.3. The summed E-state index contributed by atoms with van der Waals surface area (Å²) >= 11 is 0. The Morgan fingerprint density at radius 3 is 2.59 bits per heavy atom. The van der Waals surface area contributed by atoms with E-state index in [-0.39, 0.29) is 11.5 Å². The molecular weight excluding hydrogens is 288 g/mol. The monoisotopic (exact) mass is 303 g/mol. The van der Waals surface area contributed by atoms with Crippen molar-refractivity contribution in [1.29, 1.82) is 0 Å². The van der Waals surface area contributed by atoms with Crippen LogP contribution in [0.25, 0.3) is 5.57 Å². The molecule has 0 radical (unpaired) electrons. The Balaban J connectivity index is 1.86.